The van der Waals surface area contributed by atoms with Gasteiger partial charge in [-0.3, -0.25) is 4.79 Å². The molecular formula is C11H11F3N4O. The molecule has 0 saturated heterocycles. The average molecular weight is 272 g/mol. The molecule has 0 atom stereocenters. The minimum atomic E-state index is -4.45. The zero-order chi connectivity index (χ0) is 14.2. The molecule has 19 heavy (non-hydrogen) atoms. The first-order chi connectivity index (χ1) is 8.78. The van der Waals surface area contributed by atoms with Gasteiger partial charge in [0.05, 0.1) is 6.20 Å². The van der Waals surface area contributed by atoms with Crippen molar-refractivity contribution in [3.63, 3.8) is 0 Å². The van der Waals surface area contributed by atoms with Gasteiger partial charge in [-0.25, -0.2) is 9.50 Å². The predicted octanol–water partition coefficient (Wildman–Crippen LogP) is 1.64. The van der Waals surface area contributed by atoms with Crippen LogP contribution in [-0.4, -0.2) is 33.2 Å². The zero-order valence-electron chi connectivity index (χ0n) is 10.2. The third-order valence-electron chi connectivity index (χ3n) is 2.47. The van der Waals surface area contributed by atoms with Crippen LogP contribution in [0.4, 0.5) is 13.2 Å². The lowest BCUT2D eigenvalue weighted by molar-refractivity contribution is -0.123. The summed E-state index contributed by atoms with van der Waals surface area (Å²) in [4.78, 5) is 15.8. The molecule has 1 amide bonds. The summed E-state index contributed by atoms with van der Waals surface area (Å²) in [5.41, 5.74) is 1.68. The van der Waals surface area contributed by atoms with E-state index in [9.17, 15) is 18.0 Å². The predicted molar refractivity (Wildman–Crippen MR) is 60.8 cm³/mol. The largest absolute Gasteiger partial charge is 0.405 e. The van der Waals surface area contributed by atoms with E-state index in [4.69, 9.17) is 0 Å². The monoisotopic (exact) mass is 272 g/mol. The highest BCUT2D eigenvalue weighted by Crippen LogP contribution is 2.14. The number of nitrogens with one attached hydrogen (secondary N) is 1. The van der Waals surface area contributed by atoms with Gasteiger partial charge in [-0.1, -0.05) is 0 Å². The third-order valence-corrected chi connectivity index (χ3v) is 2.47. The SMILES string of the molecule is Cc1cc(C)n2ncc(C(=O)NCC(F)(F)F)c2n1. The van der Waals surface area contributed by atoms with Gasteiger partial charge in [0.1, 0.15) is 12.1 Å². The first-order valence-electron chi connectivity index (χ1n) is 5.45. The van der Waals surface area contributed by atoms with E-state index in [2.05, 4.69) is 10.1 Å². The van der Waals surface area contributed by atoms with Gasteiger partial charge >= 0.3 is 6.18 Å². The van der Waals surface area contributed by atoms with Crippen molar-refractivity contribution in [1.82, 2.24) is 19.9 Å². The van der Waals surface area contributed by atoms with Crippen LogP contribution in [0.5, 0.6) is 0 Å². The second-order valence-corrected chi connectivity index (χ2v) is 4.13. The van der Waals surface area contributed by atoms with Crippen LogP contribution in [-0.2, 0) is 0 Å². The Morgan fingerprint density at radius 2 is 2.11 bits per heavy atom. The number of alkyl halides is 3. The van der Waals surface area contributed by atoms with Crippen LogP contribution in [0, 0.1) is 13.8 Å². The van der Waals surface area contributed by atoms with Crippen molar-refractivity contribution in [3.8, 4) is 0 Å². The highest BCUT2D eigenvalue weighted by atomic mass is 19.4. The van der Waals surface area contributed by atoms with E-state index in [0.717, 1.165) is 5.69 Å². The summed E-state index contributed by atoms with van der Waals surface area (Å²) in [6.45, 7) is 2.12. The van der Waals surface area contributed by atoms with Crippen LogP contribution in [0.2, 0.25) is 0 Å². The molecule has 0 unspecified atom stereocenters. The van der Waals surface area contributed by atoms with Crippen molar-refractivity contribution in [3.05, 3.63) is 29.2 Å². The molecule has 2 rings (SSSR count). The van der Waals surface area contributed by atoms with Gasteiger partial charge in [0, 0.05) is 11.4 Å². The van der Waals surface area contributed by atoms with Gasteiger partial charge in [0.2, 0.25) is 0 Å². The molecule has 0 bridgehead atoms. The smallest absolute Gasteiger partial charge is 0.343 e. The van der Waals surface area contributed by atoms with Gasteiger partial charge in [-0.15, -0.1) is 0 Å². The Balaban J connectivity index is 2.33. The van der Waals surface area contributed by atoms with Crippen molar-refractivity contribution in [2.45, 2.75) is 20.0 Å². The Hall–Kier alpha value is -2.12. The van der Waals surface area contributed by atoms with Crippen molar-refractivity contribution in [2.75, 3.05) is 6.54 Å². The molecule has 0 aliphatic heterocycles. The molecule has 0 spiro atoms. The Bertz CT molecular complexity index is 633. The number of hydrogen-bond donors (Lipinski definition) is 1. The lowest BCUT2D eigenvalue weighted by atomic mass is 10.3. The molecule has 0 radical (unpaired) electrons. The normalized spacial score (nSPS) is 11.8. The zero-order valence-corrected chi connectivity index (χ0v) is 10.2. The van der Waals surface area contributed by atoms with E-state index in [1.54, 1.807) is 25.2 Å². The molecule has 0 aliphatic rings. The van der Waals surface area contributed by atoms with Crippen LogP contribution in [0.1, 0.15) is 21.7 Å². The number of carbonyl (C=O) groups excluding carboxylic acids is 1. The number of fused-ring (bicyclic) bond motifs is 1. The lowest BCUT2D eigenvalue weighted by Crippen LogP contribution is -2.33. The second-order valence-electron chi connectivity index (χ2n) is 4.13. The fourth-order valence-corrected chi connectivity index (χ4v) is 1.71. The molecule has 0 saturated carbocycles. The van der Waals surface area contributed by atoms with Gasteiger partial charge < -0.3 is 5.32 Å². The maximum absolute atomic E-state index is 12.0. The molecular weight excluding hydrogens is 261 g/mol. The number of nitrogens with zero attached hydrogens (tertiary/aromatic N) is 3. The summed E-state index contributed by atoms with van der Waals surface area (Å²) in [5, 5.41) is 5.74. The van der Waals surface area contributed by atoms with Crippen LogP contribution in [0.3, 0.4) is 0 Å². The van der Waals surface area contributed by atoms with Gasteiger partial charge in [-0.05, 0) is 19.9 Å². The number of hydrogen-bond acceptors (Lipinski definition) is 3. The van der Waals surface area contributed by atoms with Gasteiger partial charge in [0.15, 0.2) is 5.65 Å². The fraction of sp³-hybridized carbons (Fsp3) is 0.364. The summed E-state index contributed by atoms with van der Waals surface area (Å²) in [6, 6.07) is 1.76. The standard InChI is InChI=1S/C11H11F3N4O/c1-6-3-7(2)18-9(17-6)8(4-16-18)10(19)15-5-11(12,13)14/h3-4H,5H2,1-2H3,(H,15,19). The van der Waals surface area contributed by atoms with E-state index in [-0.39, 0.29) is 11.2 Å². The van der Waals surface area contributed by atoms with Crippen LogP contribution < -0.4 is 5.32 Å². The lowest BCUT2D eigenvalue weighted by Gasteiger charge is -2.07. The molecule has 0 aliphatic carbocycles. The Labute approximate surface area is 106 Å². The molecule has 2 aromatic rings. The highest BCUT2D eigenvalue weighted by molar-refractivity contribution is 5.99. The fourth-order valence-electron chi connectivity index (χ4n) is 1.71. The highest BCUT2D eigenvalue weighted by Gasteiger charge is 2.28. The van der Waals surface area contributed by atoms with Crippen molar-refractivity contribution >= 4 is 11.6 Å². The molecule has 0 aromatic carbocycles. The topological polar surface area (TPSA) is 59.3 Å². The summed E-state index contributed by atoms with van der Waals surface area (Å²) in [7, 11) is 0. The van der Waals surface area contributed by atoms with Crippen LogP contribution >= 0.6 is 0 Å². The van der Waals surface area contributed by atoms with E-state index in [0.29, 0.717) is 5.69 Å². The first kappa shape index (κ1) is 13.3. The Morgan fingerprint density at radius 3 is 2.74 bits per heavy atom. The molecule has 0 fully saturated rings. The number of amides is 1. The van der Waals surface area contributed by atoms with E-state index in [1.807, 2.05) is 0 Å². The second kappa shape index (κ2) is 4.52. The van der Waals surface area contributed by atoms with Gasteiger partial charge in [-0.2, -0.15) is 18.3 Å². The summed E-state index contributed by atoms with van der Waals surface area (Å²) in [5.74, 6) is -0.843. The summed E-state index contributed by atoms with van der Waals surface area (Å²) < 4.78 is 37.6. The van der Waals surface area contributed by atoms with E-state index >= 15 is 0 Å². The van der Waals surface area contributed by atoms with E-state index in [1.165, 1.54) is 10.7 Å². The van der Waals surface area contributed by atoms with Crippen molar-refractivity contribution in [2.24, 2.45) is 0 Å². The summed E-state index contributed by atoms with van der Waals surface area (Å²) >= 11 is 0. The number of rotatable bonds is 2. The molecule has 2 heterocycles. The summed E-state index contributed by atoms with van der Waals surface area (Å²) in [6.07, 6.45) is -3.24. The quantitative estimate of drug-likeness (QED) is 0.904. The van der Waals surface area contributed by atoms with Crippen LogP contribution in [0.15, 0.2) is 12.3 Å². The number of aryl methyl sites for hydroxylation is 2. The maximum atomic E-state index is 12.0. The van der Waals surface area contributed by atoms with Crippen molar-refractivity contribution < 1.29 is 18.0 Å². The maximum Gasteiger partial charge on any atom is 0.405 e. The Morgan fingerprint density at radius 1 is 1.42 bits per heavy atom. The minimum Gasteiger partial charge on any atom is -0.343 e. The van der Waals surface area contributed by atoms with E-state index < -0.39 is 18.6 Å². The van der Waals surface area contributed by atoms with Crippen molar-refractivity contribution in [1.29, 1.82) is 0 Å². The molecule has 5 nitrogen and oxygen atoms in total. The number of aromatic nitrogens is 3. The molecule has 8 heteroatoms. The Kier molecular flexibility index (Phi) is 3.17. The molecule has 1 N–H and O–H groups in total. The minimum absolute atomic E-state index is 0.0241. The van der Waals surface area contributed by atoms with Crippen LogP contribution in [0.25, 0.3) is 5.65 Å². The number of carbonyl (C=O) groups is 1. The van der Waals surface area contributed by atoms with Gasteiger partial charge in [0.25, 0.3) is 5.91 Å². The molecule has 102 valence electrons. The third kappa shape index (κ3) is 2.83. The number of halogens is 3. The average Bonchev–Trinajstić information content (AvgIpc) is 2.68. The first-order valence-corrected chi connectivity index (χ1v) is 5.45. The molecule has 2 aromatic heterocycles.